The number of nitrogens with one attached hydrogen (secondary N) is 1. The molecule has 0 aromatic heterocycles. The van der Waals surface area contributed by atoms with Crippen molar-refractivity contribution in [1.82, 2.24) is 10.2 Å². The Morgan fingerprint density at radius 1 is 1.13 bits per heavy atom. The molecule has 5 heteroatoms. The second-order valence-electron chi connectivity index (χ2n) is 8.51. The smallest absolute Gasteiger partial charge is 0.115 e. The minimum absolute atomic E-state index is 0.189. The van der Waals surface area contributed by atoms with Gasteiger partial charge in [-0.3, -0.25) is 4.90 Å². The zero-order valence-electron chi connectivity index (χ0n) is 17.8. The van der Waals surface area contributed by atoms with E-state index in [0.717, 1.165) is 56.9 Å². The van der Waals surface area contributed by atoms with Crippen molar-refractivity contribution in [3.05, 3.63) is 65.9 Å². The fourth-order valence-corrected chi connectivity index (χ4v) is 4.83. The van der Waals surface area contributed by atoms with Crippen molar-refractivity contribution in [3.8, 4) is 5.75 Å². The van der Waals surface area contributed by atoms with Gasteiger partial charge >= 0.3 is 0 Å². The van der Waals surface area contributed by atoms with Gasteiger partial charge in [-0.15, -0.1) is 0 Å². The summed E-state index contributed by atoms with van der Waals surface area (Å²) in [5.74, 6) is 1.15. The number of phenolic OH excluding ortho intramolecular Hbond substituents is 1. The van der Waals surface area contributed by atoms with Gasteiger partial charge in [0.15, 0.2) is 0 Å². The van der Waals surface area contributed by atoms with E-state index in [1.54, 1.807) is 6.07 Å². The molecule has 0 aliphatic carbocycles. The Morgan fingerprint density at radius 3 is 2.63 bits per heavy atom. The van der Waals surface area contributed by atoms with Crippen LogP contribution in [0.4, 0.5) is 5.69 Å². The van der Waals surface area contributed by atoms with E-state index in [1.807, 2.05) is 24.3 Å². The highest BCUT2D eigenvalue weighted by molar-refractivity contribution is 5.69. The summed E-state index contributed by atoms with van der Waals surface area (Å²) in [4.78, 5) is 2.50. The Bertz CT molecular complexity index is 859. The number of benzene rings is 2. The summed E-state index contributed by atoms with van der Waals surface area (Å²) in [5, 5.41) is 13.7. The van der Waals surface area contributed by atoms with E-state index >= 15 is 0 Å². The van der Waals surface area contributed by atoms with Crippen LogP contribution < -0.4 is 11.1 Å². The molecule has 3 atom stereocenters. The van der Waals surface area contributed by atoms with Crippen molar-refractivity contribution in [3.63, 3.8) is 0 Å². The lowest BCUT2D eigenvalue weighted by atomic mass is 9.73. The van der Waals surface area contributed by atoms with Gasteiger partial charge in [-0.05, 0) is 72.2 Å². The summed E-state index contributed by atoms with van der Waals surface area (Å²) >= 11 is 0. The second kappa shape index (κ2) is 9.54. The van der Waals surface area contributed by atoms with E-state index in [0.29, 0.717) is 17.6 Å². The van der Waals surface area contributed by atoms with E-state index in [4.69, 9.17) is 10.5 Å². The lowest BCUT2D eigenvalue weighted by molar-refractivity contribution is 0.0362. The second-order valence-corrected chi connectivity index (χ2v) is 8.51. The molecule has 0 saturated carbocycles. The summed E-state index contributed by atoms with van der Waals surface area (Å²) in [6.45, 7) is 7.20. The van der Waals surface area contributed by atoms with Crippen molar-refractivity contribution in [2.24, 2.45) is 11.8 Å². The van der Waals surface area contributed by atoms with Gasteiger partial charge in [-0.25, -0.2) is 0 Å². The van der Waals surface area contributed by atoms with Gasteiger partial charge in [0.2, 0.25) is 0 Å². The Balaban J connectivity index is 1.54. The highest BCUT2D eigenvalue weighted by Gasteiger charge is 2.33. The number of hydrogen-bond acceptors (Lipinski definition) is 5. The first kappa shape index (κ1) is 20.8. The van der Waals surface area contributed by atoms with Crippen molar-refractivity contribution in [1.29, 1.82) is 0 Å². The van der Waals surface area contributed by atoms with E-state index in [9.17, 15) is 5.11 Å². The molecule has 2 aromatic rings. The molecule has 4 N–H and O–H groups in total. The molecule has 0 spiro atoms. The fraction of sp³-hybridized carbons (Fsp3) is 0.440. The number of aromatic hydroxyl groups is 1. The number of anilines is 1. The summed E-state index contributed by atoms with van der Waals surface area (Å²) in [5.41, 5.74) is 10.4. The predicted molar refractivity (Wildman–Crippen MR) is 122 cm³/mol. The van der Waals surface area contributed by atoms with Gasteiger partial charge in [0, 0.05) is 25.0 Å². The van der Waals surface area contributed by atoms with Crippen LogP contribution in [0.2, 0.25) is 0 Å². The first-order valence-electron chi connectivity index (χ1n) is 11.0. The standard InChI is InChI=1S/C25H33N3O2/c1-18-23(6-3-11-28-12-14-30-15-13-28)25(20-4-2-5-22(29)16-20)27-17-24(18)19-7-9-21(26)10-8-19/h2,4-5,7-10,16-18,23,25,27,29H,3,6,11-15,26H2,1H3. The van der Waals surface area contributed by atoms with Crippen molar-refractivity contribution in [2.75, 3.05) is 38.6 Å². The summed E-state index contributed by atoms with van der Waals surface area (Å²) in [7, 11) is 0. The lowest BCUT2D eigenvalue weighted by Crippen LogP contribution is -2.38. The van der Waals surface area contributed by atoms with Crippen LogP contribution in [-0.2, 0) is 4.74 Å². The number of hydrogen-bond donors (Lipinski definition) is 3. The first-order chi connectivity index (χ1) is 14.6. The zero-order chi connectivity index (χ0) is 20.9. The summed E-state index contributed by atoms with van der Waals surface area (Å²) in [6.07, 6.45) is 4.43. The minimum Gasteiger partial charge on any atom is -0.508 e. The van der Waals surface area contributed by atoms with E-state index < -0.39 is 0 Å². The molecule has 0 amide bonds. The molecular formula is C25H33N3O2. The van der Waals surface area contributed by atoms with Crippen LogP contribution in [0, 0.1) is 11.8 Å². The van der Waals surface area contributed by atoms with E-state index in [1.165, 1.54) is 11.1 Å². The van der Waals surface area contributed by atoms with Crippen LogP contribution in [0.5, 0.6) is 5.75 Å². The fourth-order valence-electron chi connectivity index (χ4n) is 4.83. The molecule has 1 saturated heterocycles. The largest absolute Gasteiger partial charge is 0.508 e. The van der Waals surface area contributed by atoms with E-state index in [-0.39, 0.29) is 6.04 Å². The molecule has 2 aliphatic rings. The van der Waals surface area contributed by atoms with Gasteiger partial charge in [0.05, 0.1) is 19.3 Å². The van der Waals surface area contributed by atoms with Crippen LogP contribution in [0.1, 0.15) is 36.9 Å². The average Bonchev–Trinajstić information content (AvgIpc) is 2.76. The monoisotopic (exact) mass is 407 g/mol. The average molecular weight is 408 g/mol. The zero-order valence-corrected chi connectivity index (χ0v) is 17.8. The highest BCUT2D eigenvalue weighted by atomic mass is 16.5. The van der Waals surface area contributed by atoms with Gasteiger partial charge in [0.25, 0.3) is 0 Å². The van der Waals surface area contributed by atoms with Crippen LogP contribution >= 0.6 is 0 Å². The molecule has 2 aromatic carbocycles. The first-order valence-corrected chi connectivity index (χ1v) is 11.0. The Labute approximate surface area is 179 Å². The predicted octanol–water partition coefficient (Wildman–Crippen LogP) is 4.02. The van der Waals surface area contributed by atoms with Gasteiger partial charge in [-0.1, -0.05) is 31.2 Å². The normalized spacial score (nSPS) is 24.8. The third-order valence-electron chi connectivity index (χ3n) is 6.57. The molecule has 3 unspecified atom stereocenters. The number of allylic oxidation sites excluding steroid dienone is 1. The van der Waals surface area contributed by atoms with Gasteiger partial charge in [-0.2, -0.15) is 0 Å². The quantitative estimate of drug-likeness (QED) is 0.631. The molecule has 1 fully saturated rings. The van der Waals surface area contributed by atoms with Crippen LogP contribution in [0.3, 0.4) is 0 Å². The molecule has 30 heavy (non-hydrogen) atoms. The number of ether oxygens (including phenoxy) is 1. The molecule has 2 heterocycles. The Hall–Kier alpha value is -2.50. The van der Waals surface area contributed by atoms with Crippen LogP contribution in [0.25, 0.3) is 5.57 Å². The number of phenols is 1. The van der Waals surface area contributed by atoms with E-state index in [2.05, 4.69) is 41.5 Å². The maximum absolute atomic E-state index is 10.0. The summed E-state index contributed by atoms with van der Waals surface area (Å²) in [6, 6.07) is 16.0. The third-order valence-corrected chi connectivity index (χ3v) is 6.57. The number of nitrogens with two attached hydrogens (primary N) is 1. The molecule has 0 bridgehead atoms. The SMILES string of the molecule is CC1C(c2ccc(N)cc2)=CNC(c2cccc(O)c2)C1CCCN1CCOCC1. The van der Waals surface area contributed by atoms with Crippen molar-refractivity contribution >= 4 is 11.3 Å². The molecule has 5 nitrogen and oxygen atoms in total. The minimum atomic E-state index is 0.189. The maximum atomic E-state index is 10.0. The summed E-state index contributed by atoms with van der Waals surface area (Å²) < 4.78 is 5.48. The van der Waals surface area contributed by atoms with Crippen molar-refractivity contribution in [2.45, 2.75) is 25.8 Å². The highest BCUT2D eigenvalue weighted by Crippen LogP contribution is 2.42. The topological polar surface area (TPSA) is 70.8 Å². The number of nitrogens with zero attached hydrogens (tertiary/aromatic N) is 1. The maximum Gasteiger partial charge on any atom is 0.115 e. The van der Waals surface area contributed by atoms with Gasteiger partial charge < -0.3 is 20.9 Å². The lowest BCUT2D eigenvalue weighted by Gasteiger charge is -2.39. The Kier molecular flexibility index (Phi) is 6.60. The van der Waals surface area contributed by atoms with Gasteiger partial charge in [0.1, 0.15) is 5.75 Å². The number of rotatable bonds is 6. The third kappa shape index (κ3) is 4.79. The Morgan fingerprint density at radius 2 is 1.90 bits per heavy atom. The molecular weight excluding hydrogens is 374 g/mol. The molecule has 4 rings (SSSR count). The molecule has 2 aliphatic heterocycles. The molecule has 160 valence electrons. The van der Waals surface area contributed by atoms with Crippen LogP contribution in [0.15, 0.2) is 54.7 Å². The van der Waals surface area contributed by atoms with Crippen molar-refractivity contribution < 1.29 is 9.84 Å². The number of nitrogen functional groups attached to an aromatic ring is 1. The van der Waals surface area contributed by atoms with Crippen LogP contribution in [-0.4, -0.2) is 42.9 Å². The molecule has 0 radical (unpaired) electrons. The number of morpholine rings is 1.